The van der Waals surface area contributed by atoms with Crippen molar-refractivity contribution >= 4 is 16.9 Å². The molecule has 0 amide bonds. The summed E-state index contributed by atoms with van der Waals surface area (Å²) in [4.78, 5) is 15.0. The zero-order valence-electron chi connectivity index (χ0n) is 10.4. The lowest BCUT2D eigenvalue weighted by atomic mass is 10.0. The highest BCUT2D eigenvalue weighted by Crippen LogP contribution is 2.28. The number of carboxylic acids is 1. The third-order valence-corrected chi connectivity index (χ3v) is 3.07. The van der Waals surface area contributed by atoms with E-state index in [4.69, 9.17) is 9.52 Å². The first kappa shape index (κ1) is 12.4. The van der Waals surface area contributed by atoms with Gasteiger partial charge in [0.25, 0.3) is 0 Å². The van der Waals surface area contributed by atoms with Gasteiger partial charge in [-0.2, -0.15) is 0 Å². The Balaban J connectivity index is 2.07. The molecule has 0 fully saturated rings. The average molecular weight is 269 g/mol. The van der Waals surface area contributed by atoms with Crippen LogP contribution in [0.3, 0.4) is 0 Å². The second-order valence-electron chi connectivity index (χ2n) is 4.33. The fourth-order valence-electron chi connectivity index (χ4n) is 2.12. The molecule has 100 valence electrons. The van der Waals surface area contributed by atoms with E-state index in [-0.39, 0.29) is 11.5 Å². The van der Waals surface area contributed by atoms with E-state index in [9.17, 15) is 9.90 Å². The van der Waals surface area contributed by atoms with Crippen LogP contribution in [0.25, 0.3) is 10.9 Å². The van der Waals surface area contributed by atoms with Crippen molar-refractivity contribution in [3.63, 3.8) is 0 Å². The predicted octanol–water partition coefficient (Wildman–Crippen LogP) is 2.61. The Morgan fingerprint density at radius 1 is 1.15 bits per heavy atom. The monoisotopic (exact) mass is 269 g/mol. The van der Waals surface area contributed by atoms with Gasteiger partial charge in [0.15, 0.2) is 0 Å². The Morgan fingerprint density at radius 2 is 1.95 bits per heavy atom. The molecular formula is C15H11NO4. The molecule has 1 aromatic carbocycles. The summed E-state index contributed by atoms with van der Waals surface area (Å²) in [5, 5.41) is 20.1. The summed E-state index contributed by atoms with van der Waals surface area (Å²) in [7, 11) is 0. The van der Waals surface area contributed by atoms with Gasteiger partial charge in [-0.25, -0.2) is 4.79 Å². The molecule has 2 N–H and O–H groups in total. The largest absolute Gasteiger partial charge is 0.475 e. The molecule has 2 aromatic heterocycles. The smallest absolute Gasteiger partial charge is 0.371 e. The number of nitrogens with zero attached hydrogens (tertiary/aromatic N) is 1. The standard InChI is InChI=1S/C15H11NO4/c17-14(11-6-7-12(20-11)15(18)19)10-5-1-3-9-4-2-8-16-13(9)10/h1-8,14,17H,(H,18,19). The Labute approximate surface area is 114 Å². The molecule has 0 radical (unpaired) electrons. The number of aromatic carboxylic acids is 1. The maximum atomic E-state index is 10.8. The van der Waals surface area contributed by atoms with Gasteiger partial charge in [0.2, 0.25) is 5.76 Å². The fraction of sp³-hybridized carbons (Fsp3) is 0.0667. The summed E-state index contributed by atoms with van der Waals surface area (Å²) in [5.74, 6) is -1.19. The molecule has 3 aromatic rings. The van der Waals surface area contributed by atoms with Crippen molar-refractivity contribution in [1.82, 2.24) is 4.98 Å². The first-order chi connectivity index (χ1) is 9.66. The van der Waals surface area contributed by atoms with Gasteiger partial charge >= 0.3 is 5.97 Å². The Kier molecular flexibility index (Phi) is 2.96. The summed E-state index contributed by atoms with van der Waals surface area (Å²) in [6.07, 6.45) is 0.588. The number of aromatic nitrogens is 1. The SMILES string of the molecule is O=C(O)c1ccc(C(O)c2cccc3cccnc23)o1. The van der Waals surface area contributed by atoms with E-state index < -0.39 is 12.1 Å². The molecule has 0 bridgehead atoms. The van der Waals surface area contributed by atoms with Crippen LogP contribution in [0.2, 0.25) is 0 Å². The number of rotatable bonds is 3. The molecule has 0 aliphatic rings. The van der Waals surface area contributed by atoms with E-state index in [1.54, 1.807) is 12.3 Å². The van der Waals surface area contributed by atoms with Gasteiger partial charge in [-0.1, -0.05) is 24.3 Å². The van der Waals surface area contributed by atoms with Crippen LogP contribution in [0.4, 0.5) is 0 Å². The average Bonchev–Trinajstić information content (AvgIpc) is 2.96. The molecule has 3 rings (SSSR count). The maximum Gasteiger partial charge on any atom is 0.371 e. The number of carbonyl (C=O) groups is 1. The van der Waals surface area contributed by atoms with Gasteiger partial charge in [0, 0.05) is 17.1 Å². The Hall–Kier alpha value is -2.66. The van der Waals surface area contributed by atoms with E-state index in [0.717, 1.165) is 5.39 Å². The van der Waals surface area contributed by atoms with Crippen LogP contribution in [0, 0.1) is 0 Å². The lowest BCUT2D eigenvalue weighted by Crippen LogP contribution is -2.00. The number of hydrogen-bond donors (Lipinski definition) is 2. The van der Waals surface area contributed by atoms with Gasteiger partial charge in [-0.15, -0.1) is 0 Å². The maximum absolute atomic E-state index is 10.8. The highest BCUT2D eigenvalue weighted by molar-refractivity contribution is 5.84. The van der Waals surface area contributed by atoms with Crippen LogP contribution >= 0.6 is 0 Å². The lowest BCUT2D eigenvalue weighted by Gasteiger charge is -2.10. The van der Waals surface area contributed by atoms with Crippen molar-refractivity contribution < 1.29 is 19.4 Å². The first-order valence-corrected chi connectivity index (χ1v) is 6.01. The predicted molar refractivity (Wildman–Crippen MR) is 71.5 cm³/mol. The van der Waals surface area contributed by atoms with E-state index >= 15 is 0 Å². The number of aliphatic hydroxyl groups is 1. The number of para-hydroxylation sites is 1. The molecule has 0 saturated heterocycles. The molecular weight excluding hydrogens is 258 g/mol. The van der Waals surface area contributed by atoms with Gasteiger partial charge in [-0.3, -0.25) is 4.98 Å². The summed E-state index contributed by atoms with van der Waals surface area (Å²) in [6.45, 7) is 0. The van der Waals surface area contributed by atoms with Crippen LogP contribution in [-0.2, 0) is 0 Å². The normalized spacial score (nSPS) is 12.4. The number of hydrogen-bond acceptors (Lipinski definition) is 4. The molecule has 2 heterocycles. The fourth-order valence-corrected chi connectivity index (χ4v) is 2.12. The second-order valence-corrected chi connectivity index (χ2v) is 4.33. The van der Waals surface area contributed by atoms with Gasteiger partial charge in [0.1, 0.15) is 11.9 Å². The first-order valence-electron chi connectivity index (χ1n) is 6.01. The van der Waals surface area contributed by atoms with Crippen LogP contribution in [0.1, 0.15) is 28.0 Å². The second kappa shape index (κ2) is 4.79. The van der Waals surface area contributed by atoms with Crippen LogP contribution in [0.15, 0.2) is 53.1 Å². The third-order valence-electron chi connectivity index (χ3n) is 3.07. The number of benzene rings is 1. The Bertz CT molecular complexity index is 773. The molecule has 0 saturated carbocycles. The summed E-state index contributed by atoms with van der Waals surface area (Å²) in [5.41, 5.74) is 1.24. The minimum absolute atomic E-state index is 0.181. The summed E-state index contributed by atoms with van der Waals surface area (Å²) < 4.78 is 5.13. The number of carboxylic acid groups (broad SMARTS) is 1. The van der Waals surface area contributed by atoms with Crippen molar-refractivity contribution in [3.05, 3.63) is 65.7 Å². The minimum Gasteiger partial charge on any atom is -0.475 e. The highest BCUT2D eigenvalue weighted by atomic mass is 16.4. The van der Waals surface area contributed by atoms with Gasteiger partial charge in [-0.05, 0) is 18.2 Å². The topological polar surface area (TPSA) is 83.6 Å². The molecule has 0 spiro atoms. The van der Waals surface area contributed by atoms with Crippen molar-refractivity contribution in [2.45, 2.75) is 6.10 Å². The van der Waals surface area contributed by atoms with Crippen molar-refractivity contribution in [1.29, 1.82) is 0 Å². The molecule has 0 aliphatic carbocycles. The van der Waals surface area contributed by atoms with Gasteiger partial charge in [0.05, 0.1) is 5.52 Å². The van der Waals surface area contributed by atoms with Crippen molar-refractivity contribution in [2.24, 2.45) is 0 Å². The lowest BCUT2D eigenvalue weighted by molar-refractivity contribution is 0.0655. The minimum atomic E-state index is -1.17. The van der Waals surface area contributed by atoms with Crippen LogP contribution in [0.5, 0.6) is 0 Å². The molecule has 1 atom stereocenters. The van der Waals surface area contributed by atoms with E-state index in [0.29, 0.717) is 11.1 Å². The van der Waals surface area contributed by atoms with E-state index in [2.05, 4.69) is 4.98 Å². The Morgan fingerprint density at radius 3 is 2.70 bits per heavy atom. The van der Waals surface area contributed by atoms with Crippen molar-refractivity contribution in [3.8, 4) is 0 Å². The van der Waals surface area contributed by atoms with E-state index in [1.165, 1.54) is 12.1 Å². The molecule has 0 aliphatic heterocycles. The quantitative estimate of drug-likeness (QED) is 0.763. The molecule has 1 unspecified atom stereocenters. The number of pyridine rings is 1. The molecule has 5 heteroatoms. The highest BCUT2D eigenvalue weighted by Gasteiger charge is 2.19. The third kappa shape index (κ3) is 2.04. The van der Waals surface area contributed by atoms with Crippen LogP contribution in [-0.4, -0.2) is 21.2 Å². The summed E-state index contributed by atoms with van der Waals surface area (Å²) in [6, 6.07) is 11.9. The van der Waals surface area contributed by atoms with Crippen LogP contribution < -0.4 is 0 Å². The summed E-state index contributed by atoms with van der Waals surface area (Å²) >= 11 is 0. The van der Waals surface area contributed by atoms with E-state index in [1.807, 2.05) is 24.3 Å². The number of furan rings is 1. The zero-order chi connectivity index (χ0) is 14.1. The van der Waals surface area contributed by atoms with Crippen molar-refractivity contribution in [2.75, 3.05) is 0 Å². The number of fused-ring (bicyclic) bond motifs is 1. The van der Waals surface area contributed by atoms with Gasteiger partial charge < -0.3 is 14.6 Å². The number of aliphatic hydroxyl groups excluding tert-OH is 1. The zero-order valence-corrected chi connectivity index (χ0v) is 10.4. The molecule has 5 nitrogen and oxygen atoms in total. The molecule has 20 heavy (non-hydrogen) atoms.